The van der Waals surface area contributed by atoms with E-state index in [1.165, 1.54) is 12.1 Å². The van der Waals surface area contributed by atoms with Gasteiger partial charge in [-0.3, -0.25) is 9.78 Å². The average molecular weight is 399 g/mol. The van der Waals surface area contributed by atoms with Gasteiger partial charge < -0.3 is 4.57 Å². The van der Waals surface area contributed by atoms with Crippen LogP contribution in [-0.4, -0.2) is 24.1 Å². The second kappa shape index (κ2) is 7.18. The molecule has 5 aromatic rings. The Kier molecular flexibility index (Phi) is 4.35. The molecular formula is C23H18FN5O. The quantitative estimate of drug-likeness (QED) is 0.460. The zero-order valence-electron chi connectivity index (χ0n) is 16.3. The third-order valence-corrected chi connectivity index (χ3v) is 5.18. The van der Waals surface area contributed by atoms with E-state index in [0.717, 1.165) is 22.5 Å². The highest BCUT2D eigenvalue weighted by Crippen LogP contribution is 2.29. The number of pyridine rings is 2. The summed E-state index contributed by atoms with van der Waals surface area (Å²) in [4.78, 5) is 21.9. The Hall–Kier alpha value is -3.87. The summed E-state index contributed by atoms with van der Waals surface area (Å²) in [6.45, 7) is 2.39. The van der Waals surface area contributed by atoms with Gasteiger partial charge >= 0.3 is 0 Å². The first kappa shape index (κ1) is 18.2. The molecule has 0 bridgehead atoms. The van der Waals surface area contributed by atoms with E-state index < -0.39 is 0 Å². The highest BCUT2D eigenvalue weighted by atomic mass is 19.1. The highest BCUT2D eigenvalue weighted by molar-refractivity contribution is 5.86. The van der Waals surface area contributed by atoms with Gasteiger partial charge in [0.2, 0.25) is 0 Å². The van der Waals surface area contributed by atoms with E-state index >= 15 is 0 Å². The zero-order valence-corrected chi connectivity index (χ0v) is 16.3. The predicted molar refractivity (Wildman–Crippen MR) is 113 cm³/mol. The molecule has 30 heavy (non-hydrogen) atoms. The van der Waals surface area contributed by atoms with Crippen molar-refractivity contribution in [3.05, 3.63) is 94.7 Å². The van der Waals surface area contributed by atoms with Crippen molar-refractivity contribution in [2.75, 3.05) is 0 Å². The van der Waals surface area contributed by atoms with Gasteiger partial charge in [0.25, 0.3) is 5.56 Å². The predicted octanol–water partition coefficient (Wildman–Crippen LogP) is 3.86. The van der Waals surface area contributed by atoms with Crippen LogP contribution in [0.5, 0.6) is 0 Å². The molecular weight excluding hydrogens is 381 g/mol. The van der Waals surface area contributed by atoms with Crippen molar-refractivity contribution in [2.45, 2.75) is 19.9 Å². The van der Waals surface area contributed by atoms with Crippen LogP contribution in [0, 0.1) is 5.82 Å². The molecule has 7 heteroatoms. The van der Waals surface area contributed by atoms with Crippen molar-refractivity contribution >= 4 is 16.6 Å². The monoisotopic (exact) mass is 399 g/mol. The van der Waals surface area contributed by atoms with Crippen LogP contribution in [0.4, 0.5) is 4.39 Å². The molecule has 6 nitrogen and oxygen atoms in total. The Bertz CT molecular complexity index is 1420. The smallest absolute Gasteiger partial charge is 0.261 e. The molecule has 0 atom stereocenters. The topological polar surface area (TPSA) is 65.1 Å². The number of hydrogen-bond donors (Lipinski definition) is 0. The van der Waals surface area contributed by atoms with E-state index in [1.807, 2.05) is 31.2 Å². The van der Waals surface area contributed by atoms with Crippen LogP contribution in [0.1, 0.15) is 18.3 Å². The molecule has 0 N–H and O–H groups in total. The normalized spacial score (nSPS) is 11.4. The molecule has 4 aromatic heterocycles. The lowest BCUT2D eigenvalue weighted by molar-refractivity contribution is 0.628. The first-order chi connectivity index (χ1) is 14.7. The summed E-state index contributed by atoms with van der Waals surface area (Å²) in [5.41, 5.74) is 4.54. The standard InChI is InChI=1S/C23H18FN5O/c1-2-19-21(15-6-8-16(24)9-7-15)22-26-13-18-20(29(22)27-19)10-12-28(23(18)30)14-17-5-3-4-11-25-17/h3-13H,2,14H2,1H3. The minimum atomic E-state index is -0.292. The fourth-order valence-corrected chi connectivity index (χ4v) is 3.70. The van der Waals surface area contributed by atoms with Crippen molar-refractivity contribution in [3.63, 3.8) is 0 Å². The molecule has 5 rings (SSSR count). The van der Waals surface area contributed by atoms with Crippen LogP contribution in [-0.2, 0) is 13.0 Å². The van der Waals surface area contributed by atoms with E-state index in [4.69, 9.17) is 5.10 Å². The van der Waals surface area contributed by atoms with Gasteiger partial charge in [0.15, 0.2) is 5.65 Å². The maximum Gasteiger partial charge on any atom is 0.261 e. The Morgan fingerprint density at radius 1 is 1.03 bits per heavy atom. The number of rotatable bonds is 4. The second-order valence-corrected chi connectivity index (χ2v) is 7.04. The van der Waals surface area contributed by atoms with Gasteiger partial charge in [0, 0.05) is 24.2 Å². The summed E-state index contributed by atoms with van der Waals surface area (Å²) in [6.07, 6.45) is 5.74. The molecule has 0 aliphatic carbocycles. The molecule has 148 valence electrons. The lowest BCUT2D eigenvalue weighted by Crippen LogP contribution is -2.21. The number of aromatic nitrogens is 5. The molecule has 0 spiro atoms. The van der Waals surface area contributed by atoms with Crippen LogP contribution >= 0.6 is 0 Å². The number of benzene rings is 1. The largest absolute Gasteiger partial charge is 0.309 e. The number of nitrogens with zero attached hydrogens (tertiary/aromatic N) is 5. The molecule has 0 fully saturated rings. The fourth-order valence-electron chi connectivity index (χ4n) is 3.70. The minimum Gasteiger partial charge on any atom is -0.309 e. The molecule has 4 heterocycles. The maximum absolute atomic E-state index is 13.4. The Morgan fingerprint density at radius 3 is 2.60 bits per heavy atom. The Labute approximate surface area is 171 Å². The van der Waals surface area contributed by atoms with Crippen LogP contribution < -0.4 is 5.56 Å². The maximum atomic E-state index is 13.4. The number of aryl methyl sites for hydroxylation is 1. The van der Waals surface area contributed by atoms with Gasteiger partial charge in [0.1, 0.15) is 5.82 Å². The molecule has 0 amide bonds. The van der Waals surface area contributed by atoms with Crippen LogP contribution in [0.15, 0.2) is 71.9 Å². The van der Waals surface area contributed by atoms with Gasteiger partial charge in [-0.15, -0.1) is 0 Å². The van der Waals surface area contributed by atoms with Gasteiger partial charge in [-0.05, 0) is 42.3 Å². The first-order valence-electron chi connectivity index (χ1n) is 9.71. The van der Waals surface area contributed by atoms with Gasteiger partial charge in [-0.1, -0.05) is 25.1 Å². The summed E-state index contributed by atoms with van der Waals surface area (Å²) in [5.74, 6) is -0.292. The summed E-state index contributed by atoms with van der Waals surface area (Å²) >= 11 is 0. The zero-order chi connectivity index (χ0) is 20.7. The van der Waals surface area contributed by atoms with E-state index in [-0.39, 0.29) is 11.4 Å². The fraction of sp³-hybridized carbons (Fsp3) is 0.130. The van der Waals surface area contributed by atoms with Crippen LogP contribution in [0.25, 0.3) is 27.7 Å². The Morgan fingerprint density at radius 2 is 1.87 bits per heavy atom. The molecule has 0 radical (unpaired) electrons. The molecule has 0 unspecified atom stereocenters. The van der Waals surface area contributed by atoms with Gasteiger partial charge in [-0.2, -0.15) is 5.10 Å². The average Bonchev–Trinajstić information content (AvgIpc) is 3.16. The van der Waals surface area contributed by atoms with E-state index in [1.54, 1.807) is 39.8 Å². The third kappa shape index (κ3) is 2.95. The van der Waals surface area contributed by atoms with Gasteiger partial charge in [0.05, 0.1) is 28.8 Å². The van der Waals surface area contributed by atoms with Crippen molar-refractivity contribution in [2.24, 2.45) is 0 Å². The number of fused-ring (bicyclic) bond motifs is 3. The third-order valence-electron chi connectivity index (χ3n) is 5.18. The first-order valence-corrected chi connectivity index (χ1v) is 9.71. The molecule has 0 saturated carbocycles. The van der Waals surface area contributed by atoms with E-state index in [0.29, 0.717) is 29.5 Å². The second-order valence-electron chi connectivity index (χ2n) is 7.04. The summed E-state index contributed by atoms with van der Waals surface area (Å²) in [5, 5.41) is 5.20. The van der Waals surface area contributed by atoms with Crippen LogP contribution in [0.2, 0.25) is 0 Å². The summed E-state index contributed by atoms with van der Waals surface area (Å²) < 4.78 is 16.7. The molecule has 1 aromatic carbocycles. The van der Waals surface area contributed by atoms with Gasteiger partial charge in [-0.25, -0.2) is 13.9 Å². The Balaban J connectivity index is 1.70. The number of halogens is 1. The highest BCUT2D eigenvalue weighted by Gasteiger charge is 2.18. The summed E-state index contributed by atoms with van der Waals surface area (Å²) in [6, 6.07) is 13.8. The van der Waals surface area contributed by atoms with E-state index in [2.05, 4.69) is 9.97 Å². The van der Waals surface area contributed by atoms with E-state index in [9.17, 15) is 9.18 Å². The molecule has 0 saturated heterocycles. The summed E-state index contributed by atoms with van der Waals surface area (Å²) in [7, 11) is 0. The number of hydrogen-bond acceptors (Lipinski definition) is 4. The SMILES string of the molecule is CCc1nn2c(ncc3c(=O)n(Cc4ccccn4)ccc32)c1-c1ccc(F)cc1. The van der Waals surface area contributed by atoms with Crippen molar-refractivity contribution < 1.29 is 4.39 Å². The molecule has 0 aliphatic rings. The van der Waals surface area contributed by atoms with Crippen molar-refractivity contribution in [1.29, 1.82) is 0 Å². The molecule has 0 aliphatic heterocycles. The van der Waals surface area contributed by atoms with Crippen molar-refractivity contribution in [1.82, 2.24) is 24.1 Å². The van der Waals surface area contributed by atoms with Crippen molar-refractivity contribution in [3.8, 4) is 11.1 Å². The lowest BCUT2D eigenvalue weighted by atomic mass is 10.0. The lowest BCUT2D eigenvalue weighted by Gasteiger charge is -2.08. The van der Waals surface area contributed by atoms with Crippen LogP contribution in [0.3, 0.4) is 0 Å². The minimum absolute atomic E-state index is 0.149.